The first-order valence-corrected chi connectivity index (χ1v) is 7.89. The van der Waals surface area contributed by atoms with Gasteiger partial charge in [-0.3, -0.25) is 20.5 Å². The summed E-state index contributed by atoms with van der Waals surface area (Å²) in [6.07, 6.45) is 2.83. The molecule has 2 aromatic heterocycles. The highest BCUT2D eigenvalue weighted by Crippen LogP contribution is 2.35. The van der Waals surface area contributed by atoms with Gasteiger partial charge in [0.15, 0.2) is 5.75 Å². The number of ether oxygens (including phenoxy) is 1. The van der Waals surface area contributed by atoms with Gasteiger partial charge in [0, 0.05) is 17.1 Å². The van der Waals surface area contributed by atoms with Crippen LogP contribution < -0.4 is 15.6 Å². The standard InChI is InChI=1S/C17H18N6O3/c1-17(2,3)22-21-15-14(23(24)25)16(20-10-19-15)26-12-8-4-6-11-7-5-9-18-13(11)12/h4-10,22H,1-3H3,(H,19,20,21). The highest BCUT2D eigenvalue weighted by Gasteiger charge is 2.26. The summed E-state index contributed by atoms with van der Waals surface area (Å²) in [6.45, 7) is 5.73. The largest absolute Gasteiger partial charge is 0.431 e. The van der Waals surface area contributed by atoms with E-state index in [-0.39, 0.29) is 22.9 Å². The number of hydrazine groups is 1. The predicted octanol–water partition coefficient (Wildman–Crippen LogP) is 3.44. The lowest BCUT2D eigenvalue weighted by molar-refractivity contribution is -0.385. The lowest BCUT2D eigenvalue weighted by atomic mass is 10.1. The molecule has 3 aromatic rings. The zero-order valence-electron chi connectivity index (χ0n) is 14.6. The number of hydrogen-bond acceptors (Lipinski definition) is 8. The molecule has 0 fully saturated rings. The van der Waals surface area contributed by atoms with Crippen molar-refractivity contribution in [1.82, 2.24) is 20.4 Å². The summed E-state index contributed by atoms with van der Waals surface area (Å²) in [5.41, 5.74) is 5.61. The summed E-state index contributed by atoms with van der Waals surface area (Å²) < 4.78 is 5.73. The average Bonchev–Trinajstić information content (AvgIpc) is 2.59. The van der Waals surface area contributed by atoms with E-state index in [1.54, 1.807) is 24.4 Å². The van der Waals surface area contributed by atoms with E-state index >= 15 is 0 Å². The zero-order valence-corrected chi connectivity index (χ0v) is 14.6. The average molecular weight is 354 g/mol. The molecule has 9 heteroatoms. The van der Waals surface area contributed by atoms with Crippen molar-refractivity contribution in [3.05, 3.63) is 53.0 Å². The van der Waals surface area contributed by atoms with E-state index in [1.165, 1.54) is 6.33 Å². The van der Waals surface area contributed by atoms with Crippen molar-refractivity contribution >= 4 is 22.4 Å². The maximum atomic E-state index is 11.6. The molecule has 0 aliphatic heterocycles. The molecule has 0 spiro atoms. The fourth-order valence-electron chi connectivity index (χ4n) is 2.20. The van der Waals surface area contributed by atoms with E-state index < -0.39 is 4.92 Å². The van der Waals surface area contributed by atoms with E-state index in [9.17, 15) is 10.1 Å². The van der Waals surface area contributed by atoms with E-state index in [2.05, 4.69) is 25.8 Å². The second kappa shape index (κ2) is 6.89. The van der Waals surface area contributed by atoms with E-state index in [4.69, 9.17) is 4.74 Å². The Hall–Kier alpha value is -3.33. The van der Waals surface area contributed by atoms with Crippen molar-refractivity contribution < 1.29 is 9.66 Å². The summed E-state index contributed by atoms with van der Waals surface area (Å²) in [5, 5.41) is 12.4. The fourth-order valence-corrected chi connectivity index (χ4v) is 2.20. The Balaban J connectivity index is 2.00. The van der Waals surface area contributed by atoms with Crippen molar-refractivity contribution in [2.75, 3.05) is 5.43 Å². The van der Waals surface area contributed by atoms with E-state index in [1.807, 2.05) is 32.9 Å². The first-order valence-electron chi connectivity index (χ1n) is 7.89. The predicted molar refractivity (Wildman–Crippen MR) is 97.0 cm³/mol. The van der Waals surface area contributed by atoms with Crippen molar-refractivity contribution in [1.29, 1.82) is 0 Å². The van der Waals surface area contributed by atoms with Crippen molar-refractivity contribution in [2.45, 2.75) is 26.3 Å². The minimum Gasteiger partial charge on any atom is -0.431 e. The topological polar surface area (TPSA) is 115 Å². The minimum atomic E-state index is -0.583. The Morgan fingerprint density at radius 1 is 1.12 bits per heavy atom. The third-order valence-electron chi connectivity index (χ3n) is 3.33. The molecule has 0 atom stereocenters. The highest BCUT2D eigenvalue weighted by atomic mass is 16.6. The summed E-state index contributed by atoms with van der Waals surface area (Å²) >= 11 is 0. The van der Waals surface area contributed by atoms with Crippen LogP contribution in [0.3, 0.4) is 0 Å². The molecule has 134 valence electrons. The van der Waals surface area contributed by atoms with Gasteiger partial charge in [-0.05, 0) is 32.9 Å². The molecule has 2 N–H and O–H groups in total. The van der Waals surface area contributed by atoms with Crippen LogP contribution in [0.25, 0.3) is 10.9 Å². The Morgan fingerprint density at radius 2 is 1.88 bits per heavy atom. The normalized spacial score (nSPS) is 11.3. The van der Waals surface area contributed by atoms with E-state index in [0.717, 1.165) is 5.39 Å². The van der Waals surface area contributed by atoms with Crippen LogP contribution in [0, 0.1) is 10.1 Å². The van der Waals surface area contributed by atoms with Crippen LogP contribution in [0.5, 0.6) is 11.6 Å². The molecule has 0 saturated carbocycles. The number of nitrogens with one attached hydrogen (secondary N) is 2. The van der Waals surface area contributed by atoms with Crippen molar-refractivity contribution in [2.24, 2.45) is 0 Å². The maximum absolute atomic E-state index is 11.6. The van der Waals surface area contributed by atoms with Gasteiger partial charge < -0.3 is 4.74 Å². The third kappa shape index (κ3) is 3.83. The Bertz CT molecular complexity index is 949. The summed E-state index contributed by atoms with van der Waals surface area (Å²) in [4.78, 5) is 23.2. The number of nitro groups is 1. The maximum Gasteiger partial charge on any atom is 0.374 e. The summed E-state index contributed by atoms with van der Waals surface area (Å²) in [6, 6.07) is 9.03. The fraction of sp³-hybridized carbons (Fsp3) is 0.235. The molecule has 0 radical (unpaired) electrons. The van der Waals surface area contributed by atoms with Gasteiger partial charge >= 0.3 is 11.6 Å². The molecule has 0 saturated heterocycles. The smallest absolute Gasteiger partial charge is 0.374 e. The first kappa shape index (κ1) is 17.5. The van der Waals surface area contributed by atoms with Crippen molar-refractivity contribution in [3.8, 4) is 11.6 Å². The van der Waals surface area contributed by atoms with Crippen LogP contribution in [-0.2, 0) is 0 Å². The zero-order chi connectivity index (χ0) is 18.7. The second-order valence-electron chi connectivity index (χ2n) is 6.57. The molecular weight excluding hydrogens is 336 g/mol. The molecule has 0 bridgehead atoms. The van der Waals surface area contributed by atoms with Crippen molar-refractivity contribution in [3.63, 3.8) is 0 Å². The number of nitrogens with zero attached hydrogens (tertiary/aromatic N) is 4. The van der Waals surface area contributed by atoms with Crippen LogP contribution >= 0.6 is 0 Å². The third-order valence-corrected chi connectivity index (χ3v) is 3.33. The van der Waals surface area contributed by atoms with E-state index in [0.29, 0.717) is 11.3 Å². The van der Waals surface area contributed by atoms with Gasteiger partial charge in [0.2, 0.25) is 5.82 Å². The lowest BCUT2D eigenvalue weighted by Gasteiger charge is -2.21. The highest BCUT2D eigenvalue weighted by molar-refractivity contribution is 5.84. The number of rotatable bonds is 5. The molecule has 0 aliphatic rings. The number of pyridine rings is 1. The number of hydrogen-bond donors (Lipinski definition) is 2. The Labute approximate surface area is 149 Å². The first-order chi connectivity index (χ1) is 12.3. The Morgan fingerprint density at radius 3 is 2.62 bits per heavy atom. The SMILES string of the molecule is CC(C)(C)NNc1ncnc(Oc2cccc3cccnc23)c1[N+](=O)[O-]. The quantitative estimate of drug-likeness (QED) is 0.529. The number of anilines is 1. The molecule has 9 nitrogen and oxygen atoms in total. The summed E-state index contributed by atoms with van der Waals surface area (Å²) in [5.74, 6) is 0.226. The number of fused-ring (bicyclic) bond motifs is 1. The van der Waals surface area contributed by atoms with Gasteiger partial charge in [-0.1, -0.05) is 18.2 Å². The molecule has 0 aliphatic carbocycles. The summed E-state index contributed by atoms with van der Waals surface area (Å²) in [7, 11) is 0. The lowest BCUT2D eigenvalue weighted by Crippen LogP contribution is -2.40. The molecule has 26 heavy (non-hydrogen) atoms. The van der Waals surface area contributed by atoms with Gasteiger partial charge in [0.1, 0.15) is 11.8 Å². The molecule has 1 aromatic carbocycles. The van der Waals surface area contributed by atoms with Gasteiger partial charge in [0.05, 0.1) is 4.92 Å². The molecule has 2 heterocycles. The van der Waals surface area contributed by atoms with Gasteiger partial charge in [-0.15, -0.1) is 0 Å². The Kier molecular flexibility index (Phi) is 4.63. The number of benzene rings is 1. The molecule has 3 rings (SSSR count). The van der Waals surface area contributed by atoms with Gasteiger partial charge in [0.25, 0.3) is 0 Å². The second-order valence-corrected chi connectivity index (χ2v) is 6.57. The molecular formula is C17H18N6O3. The van der Waals surface area contributed by atoms with Gasteiger partial charge in [-0.2, -0.15) is 4.98 Å². The molecule has 0 unspecified atom stereocenters. The van der Waals surface area contributed by atoms with Crippen LogP contribution in [0.15, 0.2) is 42.9 Å². The van der Waals surface area contributed by atoms with Crippen LogP contribution in [0.1, 0.15) is 20.8 Å². The van der Waals surface area contributed by atoms with Crippen LogP contribution in [-0.4, -0.2) is 25.4 Å². The van der Waals surface area contributed by atoms with Crippen LogP contribution in [0.2, 0.25) is 0 Å². The minimum absolute atomic E-state index is 0.0168. The van der Waals surface area contributed by atoms with Crippen LogP contribution in [0.4, 0.5) is 11.5 Å². The number of para-hydroxylation sites is 1. The van der Waals surface area contributed by atoms with Gasteiger partial charge in [-0.25, -0.2) is 10.4 Å². The molecule has 0 amide bonds. The number of aromatic nitrogens is 3. The monoisotopic (exact) mass is 354 g/mol.